The van der Waals surface area contributed by atoms with Gasteiger partial charge >= 0.3 is 0 Å². The Bertz CT molecular complexity index is 442. The molecule has 98 valence electrons. The molecule has 1 aliphatic heterocycles. The fourth-order valence-corrected chi connectivity index (χ4v) is 2.59. The van der Waals surface area contributed by atoms with E-state index in [0.717, 1.165) is 30.6 Å². The topological polar surface area (TPSA) is 41.1 Å². The maximum Gasteiger partial charge on any atom is 0.241 e. The number of hydrogen-bond acceptors (Lipinski definition) is 2. The van der Waals surface area contributed by atoms with Crippen molar-refractivity contribution in [3.05, 3.63) is 29.3 Å². The van der Waals surface area contributed by atoms with E-state index in [1.165, 1.54) is 5.56 Å². The van der Waals surface area contributed by atoms with E-state index in [9.17, 15) is 4.79 Å². The van der Waals surface area contributed by atoms with Gasteiger partial charge in [0.15, 0.2) is 0 Å². The van der Waals surface area contributed by atoms with E-state index in [1.54, 1.807) is 0 Å². The highest BCUT2D eigenvalue weighted by atomic mass is 16.2. The molecule has 2 unspecified atom stereocenters. The number of carbonyl (C=O) groups excluding carboxylic acids is 1. The maximum atomic E-state index is 12.3. The Morgan fingerprint density at radius 3 is 2.89 bits per heavy atom. The first-order valence-corrected chi connectivity index (χ1v) is 6.76. The molecule has 0 spiro atoms. The number of nitrogens with one attached hydrogen (secondary N) is 2. The van der Waals surface area contributed by atoms with Gasteiger partial charge in [0.05, 0.1) is 6.04 Å². The van der Waals surface area contributed by atoms with E-state index in [4.69, 9.17) is 0 Å². The number of anilines is 1. The zero-order valence-electron chi connectivity index (χ0n) is 11.4. The van der Waals surface area contributed by atoms with Crippen molar-refractivity contribution in [1.29, 1.82) is 0 Å². The number of amides is 1. The summed E-state index contributed by atoms with van der Waals surface area (Å²) in [6.07, 6.45) is 2.01. The van der Waals surface area contributed by atoms with Crippen LogP contribution < -0.4 is 10.6 Å². The van der Waals surface area contributed by atoms with Crippen LogP contribution in [-0.2, 0) is 11.2 Å². The lowest BCUT2D eigenvalue weighted by molar-refractivity contribution is -0.118. The van der Waals surface area contributed by atoms with Crippen LogP contribution in [0.15, 0.2) is 18.2 Å². The molecule has 1 heterocycles. The minimum Gasteiger partial charge on any atom is -0.324 e. The fraction of sp³-hybridized carbons (Fsp3) is 0.533. The van der Waals surface area contributed by atoms with Crippen molar-refractivity contribution in [1.82, 2.24) is 5.32 Å². The van der Waals surface area contributed by atoms with Gasteiger partial charge in [0.2, 0.25) is 5.91 Å². The summed E-state index contributed by atoms with van der Waals surface area (Å²) in [4.78, 5) is 12.3. The Kier molecular flexibility index (Phi) is 4.02. The number of benzene rings is 1. The minimum absolute atomic E-state index is 0.0469. The predicted octanol–water partition coefficient (Wildman–Crippen LogP) is 2.49. The van der Waals surface area contributed by atoms with E-state index in [2.05, 4.69) is 30.5 Å². The molecule has 1 aromatic carbocycles. The van der Waals surface area contributed by atoms with Gasteiger partial charge in [-0.25, -0.2) is 0 Å². The fourth-order valence-electron chi connectivity index (χ4n) is 2.59. The molecule has 0 aliphatic carbocycles. The molecule has 1 fully saturated rings. The molecule has 0 saturated carbocycles. The summed E-state index contributed by atoms with van der Waals surface area (Å²) >= 11 is 0. The van der Waals surface area contributed by atoms with Crippen molar-refractivity contribution < 1.29 is 4.79 Å². The third-order valence-electron chi connectivity index (χ3n) is 3.80. The summed E-state index contributed by atoms with van der Waals surface area (Å²) in [5.41, 5.74) is 3.33. The third-order valence-corrected chi connectivity index (χ3v) is 3.80. The summed E-state index contributed by atoms with van der Waals surface area (Å²) in [6, 6.07) is 6.11. The van der Waals surface area contributed by atoms with Gasteiger partial charge in [-0.1, -0.05) is 32.0 Å². The summed E-state index contributed by atoms with van der Waals surface area (Å²) in [5, 5.41) is 6.37. The highest BCUT2D eigenvalue weighted by Gasteiger charge is 2.29. The van der Waals surface area contributed by atoms with Crippen molar-refractivity contribution in [2.45, 2.75) is 39.7 Å². The molecule has 1 saturated heterocycles. The standard InChI is InChI=1S/C15H22N2O/c1-4-12-7-5-6-10(2)13(12)17-15(18)14-11(3)8-9-16-14/h5-7,11,14,16H,4,8-9H2,1-3H3,(H,17,18). The van der Waals surface area contributed by atoms with Gasteiger partial charge < -0.3 is 10.6 Å². The molecule has 3 heteroatoms. The summed E-state index contributed by atoms with van der Waals surface area (Å²) in [6.45, 7) is 7.22. The Balaban J connectivity index is 2.16. The molecule has 2 atom stereocenters. The van der Waals surface area contributed by atoms with Crippen LogP contribution in [0.4, 0.5) is 5.69 Å². The molecule has 0 bridgehead atoms. The van der Waals surface area contributed by atoms with Crippen molar-refractivity contribution in [3.63, 3.8) is 0 Å². The Morgan fingerprint density at radius 1 is 1.50 bits per heavy atom. The average molecular weight is 246 g/mol. The second-order valence-corrected chi connectivity index (χ2v) is 5.15. The molecule has 1 amide bonds. The monoisotopic (exact) mass is 246 g/mol. The number of aryl methyl sites for hydroxylation is 2. The van der Waals surface area contributed by atoms with Crippen LogP contribution in [-0.4, -0.2) is 18.5 Å². The third kappa shape index (κ3) is 2.56. The van der Waals surface area contributed by atoms with Gasteiger partial charge in [0, 0.05) is 5.69 Å². The lowest BCUT2D eigenvalue weighted by Gasteiger charge is -2.18. The van der Waals surface area contributed by atoms with Gasteiger partial charge in [-0.3, -0.25) is 4.79 Å². The molecular weight excluding hydrogens is 224 g/mol. The van der Waals surface area contributed by atoms with Crippen LogP contribution in [0.1, 0.15) is 31.4 Å². The predicted molar refractivity (Wildman–Crippen MR) is 74.8 cm³/mol. The van der Waals surface area contributed by atoms with E-state index >= 15 is 0 Å². The SMILES string of the molecule is CCc1cccc(C)c1NC(=O)C1NCCC1C. The average Bonchev–Trinajstić information content (AvgIpc) is 2.78. The smallest absolute Gasteiger partial charge is 0.241 e. The Labute approximate surface area is 109 Å². The second kappa shape index (κ2) is 5.53. The zero-order chi connectivity index (χ0) is 13.1. The number of hydrogen-bond donors (Lipinski definition) is 2. The second-order valence-electron chi connectivity index (χ2n) is 5.15. The van der Waals surface area contributed by atoms with E-state index < -0.39 is 0 Å². The summed E-state index contributed by atoms with van der Waals surface area (Å²) in [7, 11) is 0. The number of para-hydroxylation sites is 1. The zero-order valence-corrected chi connectivity index (χ0v) is 11.4. The van der Waals surface area contributed by atoms with Crippen LogP contribution in [0.3, 0.4) is 0 Å². The van der Waals surface area contributed by atoms with Gasteiger partial charge in [0.25, 0.3) is 0 Å². The molecule has 0 radical (unpaired) electrons. The first kappa shape index (κ1) is 13.1. The van der Waals surface area contributed by atoms with Gasteiger partial charge in [-0.05, 0) is 43.4 Å². The first-order chi connectivity index (χ1) is 8.63. The highest BCUT2D eigenvalue weighted by molar-refractivity contribution is 5.96. The molecule has 2 rings (SSSR count). The van der Waals surface area contributed by atoms with E-state index in [-0.39, 0.29) is 11.9 Å². The molecule has 18 heavy (non-hydrogen) atoms. The Morgan fingerprint density at radius 2 is 2.28 bits per heavy atom. The van der Waals surface area contributed by atoms with Crippen LogP contribution in [0.2, 0.25) is 0 Å². The van der Waals surface area contributed by atoms with E-state index in [0.29, 0.717) is 5.92 Å². The van der Waals surface area contributed by atoms with Crippen LogP contribution in [0.5, 0.6) is 0 Å². The van der Waals surface area contributed by atoms with Crippen molar-refractivity contribution in [2.24, 2.45) is 5.92 Å². The normalized spacial score (nSPS) is 23.1. The quantitative estimate of drug-likeness (QED) is 0.860. The summed E-state index contributed by atoms with van der Waals surface area (Å²) in [5.74, 6) is 0.517. The highest BCUT2D eigenvalue weighted by Crippen LogP contribution is 2.23. The number of carbonyl (C=O) groups is 1. The molecule has 3 nitrogen and oxygen atoms in total. The Hall–Kier alpha value is -1.35. The van der Waals surface area contributed by atoms with Gasteiger partial charge in [-0.15, -0.1) is 0 Å². The summed E-state index contributed by atoms with van der Waals surface area (Å²) < 4.78 is 0. The number of rotatable bonds is 3. The lowest BCUT2D eigenvalue weighted by Crippen LogP contribution is -2.39. The van der Waals surface area contributed by atoms with Crippen LogP contribution >= 0.6 is 0 Å². The molecule has 1 aliphatic rings. The van der Waals surface area contributed by atoms with Crippen molar-refractivity contribution in [2.75, 3.05) is 11.9 Å². The lowest BCUT2D eigenvalue weighted by atomic mass is 10.0. The minimum atomic E-state index is -0.0469. The first-order valence-electron chi connectivity index (χ1n) is 6.76. The molecule has 1 aromatic rings. The molecule has 0 aromatic heterocycles. The molecule has 2 N–H and O–H groups in total. The van der Waals surface area contributed by atoms with Gasteiger partial charge in [-0.2, -0.15) is 0 Å². The van der Waals surface area contributed by atoms with Crippen LogP contribution in [0.25, 0.3) is 0 Å². The maximum absolute atomic E-state index is 12.3. The van der Waals surface area contributed by atoms with Crippen molar-refractivity contribution in [3.8, 4) is 0 Å². The van der Waals surface area contributed by atoms with Crippen molar-refractivity contribution >= 4 is 11.6 Å². The van der Waals surface area contributed by atoms with Crippen LogP contribution in [0, 0.1) is 12.8 Å². The van der Waals surface area contributed by atoms with E-state index in [1.807, 2.05) is 19.1 Å². The van der Waals surface area contributed by atoms with Gasteiger partial charge in [0.1, 0.15) is 0 Å². The molecular formula is C15H22N2O. The largest absolute Gasteiger partial charge is 0.324 e.